The maximum Gasteiger partial charge on any atom is 0.163 e. The molecule has 1 aliphatic rings. The number of nitriles is 3. The number of ether oxygens (including phenoxy) is 2. The third-order valence-corrected chi connectivity index (χ3v) is 3.47. The number of hydrogen-bond donors (Lipinski definition) is 1. The lowest BCUT2D eigenvalue weighted by Gasteiger charge is -2.26. The molecule has 1 fully saturated rings. The Hall–Kier alpha value is -3.05. The van der Waals surface area contributed by atoms with Gasteiger partial charge in [-0.15, -0.1) is 0 Å². The largest absolute Gasteiger partial charge is 0.492 e. The van der Waals surface area contributed by atoms with Gasteiger partial charge in [-0.05, 0) is 12.1 Å². The fraction of sp³-hybridized carbons (Fsp3) is 0.353. The summed E-state index contributed by atoms with van der Waals surface area (Å²) in [6.07, 6.45) is 0. The molecule has 2 rings (SSSR count). The van der Waals surface area contributed by atoms with Gasteiger partial charge in [0.2, 0.25) is 0 Å². The van der Waals surface area contributed by atoms with Crippen molar-refractivity contribution in [3.63, 3.8) is 0 Å². The predicted octanol–water partition coefficient (Wildman–Crippen LogP) is 1.63. The standard InChI is InChI=1S/C17H17N5O2/c18-11-14(12-19)17(13-20)21-15-2-1-3-16(10-15)24-9-6-22-4-7-23-8-5-22/h1-3,10,21H,4-9H2. The number of rotatable bonds is 6. The molecule has 24 heavy (non-hydrogen) atoms. The van der Waals surface area contributed by atoms with Crippen LogP contribution in [0.25, 0.3) is 0 Å². The lowest BCUT2D eigenvalue weighted by atomic mass is 10.2. The minimum Gasteiger partial charge on any atom is -0.492 e. The van der Waals surface area contributed by atoms with E-state index >= 15 is 0 Å². The topological polar surface area (TPSA) is 105 Å². The minimum atomic E-state index is -0.254. The van der Waals surface area contributed by atoms with Gasteiger partial charge in [0.25, 0.3) is 0 Å². The number of anilines is 1. The lowest BCUT2D eigenvalue weighted by molar-refractivity contribution is 0.0322. The Labute approximate surface area is 140 Å². The molecule has 0 amide bonds. The molecule has 0 aromatic heterocycles. The number of nitrogens with zero attached hydrogens (tertiary/aromatic N) is 4. The summed E-state index contributed by atoms with van der Waals surface area (Å²) in [5.41, 5.74) is 0.250. The van der Waals surface area contributed by atoms with E-state index in [4.69, 9.17) is 25.3 Å². The normalized spacial score (nSPS) is 13.9. The highest BCUT2D eigenvalue weighted by atomic mass is 16.5. The molecule has 0 bridgehead atoms. The van der Waals surface area contributed by atoms with Crippen LogP contribution in [-0.2, 0) is 4.74 Å². The molecule has 0 saturated carbocycles. The highest BCUT2D eigenvalue weighted by molar-refractivity contribution is 5.59. The summed E-state index contributed by atoms with van der Waals surface area (Å²) < 4.78 is 11.0. The zero-order valence-corrected chi connectivity index (χ0v) is 13.2. The maximum atomic E-state index is 9.06. The Morgan fingerprint density at radius 1 is 1.17 bits per heavy atom. The smallest absolute Gasteiger partial charge is 0.163 e. The van der Waals surface area contributed by atoms with Gasteiger partial charge >= 0.3 is 0 Å². The van der Waals surface area contributed by atoms with Crippen LogP contribution in [0.1, 0.15) is 0 Å². The molecule has 1 aromatic rings. The summed E-state index contributed by atoms with van der Waals surface area (Å²) in [6.45, 7) is 4.69. The minimum absolute atomic E-state index is 0.0783. The van der Waals surface area contributed by atoms with Crippen molar-refractivity contribution in [2.45, 2.75) is 0 Å². The summed E-state index contributed by atoms with van der Waals surface area (Å²) in [4.78, 5) is 2.27. The molecule has 7 nitrogen and oxygen atoms in total. The monoisotopic (exact) mass is 323 g/mol. The fourth-order valence-corrected chi connectivity index (χ4v) is 2.21. The predicted molar refractivity (Wildman–Crippen MR) is 86.7 cm³/mol. The van der Waals surface area contributed by atoms with Crippen molar-refractivity contribution in [3.8, 4) is 24.0 Å². The van der Waals surface area contributed by atoms with Gasteiger partial charge in [0.05, 0.1) is 13.2 Å². The van der Waals surface area contributed by atoms with Crippen LogP contribution in [-0.4, -0.2) is 44.4 Å². The van der Waals surface area contributed by atoms with E-state index in [9.17, 15) is 0 Å². The first-order chi connectivity index (χ1) is 11.8. The van der Waals surface area contributed by atoms with Gasteiger partial charge in [0, 0.05) is 31.4 Å². The number of allylic oxidation sites excluding steroid dienone is 2. The van der Waals surface area contributed by atoms with Crippen molar-refractivity contribution >= 4 is 5.69 Å². The molecule has 122 valence electrons. The van der Waals surface area contributed by atoms with Crippen LogP contribution in [0.15, 0.2) is 35.5 Å². The van der Waals surface area contributed by atoms with E-state index in [1.54, 1.807) is 30.3 Å². The molecule has 0 aliphatic carbocycles. The van der Waals surface area contributed by atoms with E-state index in [0.29, 0.717) is 18.0 Å². The van der Waals surface area contributed by atoms with Crippen LogP contribution in [0, 0.1) is 34.0 Å². The second kappa shape index (κ2) is 9.17. The van der Waals surface area contributed by atoms with Crippen LogP contribution in [0.2, 0.25) is 0 Å². The summed E-state index contributed by atoms with van der Waals surface area (Å²) in [5.74, 6) is 0.654. The number of benzene rings is 1. The SMILES string of the molecule is N#CC(C#N)=C(C#N)Nc1cccc(OCCN2CCOCC2)c1. The third kappa shape index (κ3) is 5.00. The van der Waals surface area contributed by atoms with Crippen LogP contribution < -0.4 is 10.1 Å². The van der Waals surface area contributed by atoms with Gasteiger partial charge in [-0.1, -0.05) is 6.07 Å². The molecular formula is C17H17N5O2. The lowest BCUT2D eigenvalue weighted by Crippen LogP contribution is -2.38. The number of nitrogens with one attached hydrogen (secondary N) is 1. The van der Waals surface area contributed by atoms with E-state index in [-0.39, 0.29) is 11.3 Å². The Bertz CT molecular complexity index is 702. The van der Waals surface area contributed by atoms with Crippen LogP contribution in [0.4, 0.5) is 5.69 Å². The molecule has 0 radical (unpaired) electrons. The van der Waals surface area contributed by atoms with Crippen molar-refractivity contribution in [1.82, 2.24) is 4.90 Å². The van der Waals surface area contributed by atoms with Crippen molar-refractivity contribution < 1.29 is 9.47 Å². The van der Waals surface area contributed by atoms with E-state index in [2.05, 4.69) is 10.2 Å². The van der Waals surface area contributed by atoms with E-state index < -0.39 is 0 Å². The van der Waals surface area contributed by atoms with Gasteiger partial charge in [0.15, 0.2) is 5.57 Å². The molecule has 1 heterocycles. The molecule has 1 N–H and O–H groups in total. The van der Waals surface area contributed by atoms with Crippen molar-refractivity contribution in [1.29, 1.82) is 15.8 Å². The first kappa shape index (κ1) is 17.3. The van der Waals surface area contributed by atoms with Crippen molar-refractivity contribution in [3.05, 3.63) is 35.5 Å². The Balaban J connectivity index is 1.94. The summed E-state index contributed by atoms with van der Waals surface area (Å²) in [6, 6.07) is 12.3. The molecule has 1 aliphatic heterocycles. The molecule has 0 atom stereocenters. The molecule has 1 saturated heterocycles. The third-order valence-electron chi connectivity index (χ3n) is 3.47. The average molecular weight is 323 g/mol. The Kier molecular flexibility index (Phi) is 6.61. The van der Waals surface area contributed by atoms with Crippen molar-refractivity contribution in [2.24, 2.45) is 0 Å². The van der Waals surface area contributed by atoms with Crippen LogP contribution in [0.3, 0.4) is 0 Å². The first-order valence-corrected chi connectivity index (χ1v) is 7.51. The molecule has 7 heteroatoms. The molecular weight excluding hydrogens is 306 g/mol. The Morgan fingerprint density at radius 3 is 2.58 bits per heavy atom. The number of hydrogen-bond acceptors (Lipinski definition) is 7. The summed E-state index contributed by atoms with van der Waals surface area (Å²) in [5, 5.41) is 29.5. The van der Waals surface area contributed by atoms with Gasteiger partial charge in [-0.25, -0.2) is 0 Å². The first-order valence-electron chi connectivity index (χ1n) is 7.51. The summed E-state index contributed by atoms with van der Waals surface area (Å²) >= 11 is 0. The Morgan fingerprint density at radius 2 is 1.92 bits per heavy atom. The molecule has 0 unspecified atom stereocenters. The second-order valence-electron chi connectivity index (χ2n) is 5.04. The van der Waals surface area contributed by atoms with E-state index in [0.717, 1.165) is 32.8 Å². The van der Waals surface area contributed by atoms with Crippen molar-refractivity contribution in [2.75, 3.05) is 44.8 Å². The fourth-order valence-electron chi connectivity index (χ4n) is 2.21. The van der Waals surface area contributed by atoms with Crippen LogP contribution in [0.5, 0.6) is 5.75 Å². The van der Waals surface area contributed by atoms with Gasteiger partial charge in [0.1, 0.15) is 36.3 Å². The van der Waals surface area contributed by atoms with Crippen LogP contribution >= 0.6 is 0 Å². The van der Waals surface area contributed by atoms with Gasteiger partial charge in [-0.2, -0.15) is 15.8 Å². The zero-order valence-electron chi connectivity index (χ0n) is 13.2. The second-order valence-corrected chi connectivity index (χ2v) is 5.04. The zero-order chi connectivity index (χ0) is 17.2. The molecule has 0 spiro atoms. The highest BCUT2D eigenvalue weighted by Crippen LogP contribution is 2.19. The quantitative estimate of drug-likeness (QED) is 0.793. The molecule has 1 aromatic carbocycles. The van der Waals surface area contributed by atoms with Gasteiger partial charge < -0.3 is 14.8 Å². The van der Waals surface area contributed by atoms with E-state index in [1.165, 1.54) is 0 Å². The van der Waals surface area contributed by atoms with Gasteiger partial charge in [-0.3, -0.25) is 4.90 Å². The highest BCUT2D eigenvalue weighted by Gasteiger charge is 2.10. The van der Waals surface area contributed by atoms with E-state index in [1.807, 2.05) is 12.1 Å². The number of morpholine rings is 1. The maximum absolute atomic E-state index is 9.06. The average Bonchev–Trinajstić information content (AvgIpc) is 2.63. The summed E-state index contributed by atoms with van der Waals surface area (Å²) in [7, 11) is 0.